The number of aryl methyl sites for hydroxylation is 2. The van der Waals surface area contributed by atoms with Crippen LogP contribution in [0.5, 0.6) is 0 Å². The maximum atomic E-state index is 11.1. The van der Waals surface area contributed by atoms with Gasteiger partial charge in [0, 0.05) is 17.6 Å². The van der Waals surface area contributed by atoms with Gasteiger partial charge in [-0.05, 0) is 36.6 Å². The Morgan fingerprint density at radius 3 is 2.60 bits per heavy atom. The van der Waals surface area contributed by atoms with Crippen molar-refractivity contribution in [1.29, 1.82) is 0 Å². The lowest BCUT2D eigenvalue weighted by molar-refractivity contribution is -0.384. The highest BCUT2D eigenvalue weighted by molar-refractivity contribution is 6.31. The number of hydrogen-bond donors (Lipinski definition) is 1. The zero-order chi connectivity index (χ0) is 14.7. The summed E-state index contributed by atoms with van der Waals surface area (Å²) < 4.78 is 0. The Morgan fingerprint density at radius 2 is 1.95 bits per heavy atom. The molecule has 0 spiro atoms. The fraction of sp³-hybridized carbons (Fsp3) is 0.200. The molecule has 20 heavy (non-hydrogen) atoms. The van der Waals surface area contributed by atoms with E-state index in [0.29, 0.717) is 17.3 Å². The molecule has 0 saturated carbocycles. The highest BCUT2D eigenvalue weighted by Crippen LogP contribution is 2.30. The molecule has 0 heterocycles. The number of nitrogens with one attached hydrogen (secondary N) is 1. The third-order valence-corrected chi connectivity index (χ3v) is 3.44. The number of nitrogens with zero attached hydrogens (tertiary/aromatic N) is 1. The van der Waals surface area contributed by atoms with Gasteiger partial charge in [-0.2, -0.15) is 0 Å². The molecule has 0 aliphatic rings. The number of halogens is 1. The molecular weight excluding hydrogens is 276 g/mol. The molecule has 0 saturated heterocycles. The van der Waals surface area contributed by atoms with E-state index in [1.165, 1.54) is 0 Å². The molecule has 1 N–H and O–H groups in total. The number of hydrogen-bond acceptors (Lipinski definition) is 3. The SMILES string of the molecule is Cc1cc(C)c(NCc2ccccc2Cl)c([N+](=O)[O-])c1. The Morgan fingerprint density at radius 1 is 1.25 bits per heavy atom. The smallest absolute Gasteiger partial charge is 0.292 e. The zero-order valence-corrected chi connectivity index (χ0v) is 12.1. The van der Waals surface area contributed by atoms with E-state index < -0.39 is 0 Å². The van der Waals surface area contributed by atoms with Crippen molar-refractivity contribution < 1.29 is 4.92 Å². The number of anilines is 1. The van der Waals surface area contributed by atoms with E-state index in [1.807, 2.05) is 38.1 Å². The maximum absolute atomic E-state index is 11.1. The number of nitro benzene ring substituents is 1. The lowest BCUT2D eigenvalue weighted by Gasteiger charge is -2.12. The summed E-state index contributed by atoms with van der Waals surface area (Å²) in [4.78, 5) is 10.8. The molecule has 0 amide bonds. The summed E-state index contributed by atoms with van der Waals surface area (Å²) in [6.07, 6.45) is 0. The van der Waals surface area contributed by atoms with E-state index in [1.54, 1.807) is 12.1 Å². The first-order chi connectivity index (χ1) is 9.49. The van der Waals surface area contributed by atoms with Gasteiger partial charge in [0.1, 0.15) is 5.69 Å². The van der Waals surface area contributed by atoms with Crippen molar-refractivity contribution in [1.82, 2.24) is 0 Å². The molecule has 5 heteroatoms. The molecule has 2 aromatic carbocycles. The van der Waals surface area contributed by atoms with Crippen LogP contribution in [0.4, 0.5) is 11.4 Å². The summed E-state index contributed by atoms with van der Waals surface area (Å²) in [6.45, 7) is 4.15. The molecule has 0 unspecified atom stereocenters. The summed E-state index contributed by atoms with van der Waals surface area (Å²) >= 11 is 6.08. The van der Waals surface area contributed by atoms with Crippen LogP contribution < -0.4 is 5.32 Å². The number of nitro groups is 1. The first-order valence-electron chi connectivity index (χ1n) is 6.22. The molecule has 2 aromatic rings. The third-order valence-electron chi connectivity index (χ3n) is 3.07. The van der Waals surface area contributed by atoms with E-state index in [-0.39, 0.29) is 10.6 Å². The molecule has 4 nitrogen and oxygen atoms in total. The van der Waals surface area contributed by atoms with Gasteiger partial charge in [0.15, 0.2) is 0 Å². The van der Waals surface area contributed by atoms with Gasteiger partial charge in [-0.15, -0.1) is 0 Å². The maximum Gasteiger partial charge on any atom is 0.292 e. The topological polar surface area (TPSA) is 55.2 Å². The summed E-state index contributed by atoms with van der Waals surface area (Å²) in [5.74, 6) is 0. The lowest BCUT2D eigenvalue weighted by atomic mass is 10.1. The first kappa shape index (κ1) is 14.3. The van der Waals surface area contributed by atoms with Crippen molar-refractivity contribution in [3.8, 4) is 0 Å². The average Bonchev–Trinajstić information content (AvgIpc) is 2.38. The first-order valence-corrected chi connectivity index (χ1v) is 6.59. The standard InChI is InChI=1S/C15H15ClN2O2/c1-10-7-11(2)15(14(8-10)18(19)20)17-9-12-5-3-4-6-13(12)16/h3-8,17H,9H2,1-2H3. The third kappa shape index (κ3) is 3.08. The molecule has 0 bridgehead atoms. The molecule has 0 aliphatic heterocycles. The second-order valence-electron chi connectivity index (χ2n) is 4.68. The highest BCUT2D eigenvalue weighted by atomic mass is 35.5. The van der Waals surface area contributed by atoms with Gasteiger partial charge in [0.05, 0.1) is 4.92 Å². The van der Waals surface area contributed by atoms with Crippen molar-refractivity contribution in [2.75, 3.05) is 5.32 Å². The average molecular weight is 291 g/mol. The molecule has 2 rings (SSSR count). The highest BCUT2D eigenvalue weighted by Gasteiger charge is 2.16. The van der Waals surface area contributed by atoms with Crippen molar-refractivity contribution in [2.24, 2.45) is 0 Å². The fourth-order valence-electron chi connectivity index (χ4n) is 2.14. The largest absolute Gasteiger partial charge is 0.375 e. The van der Waals surface area contributed by atoms with Crippen LogP contribution >= 0.6 is 11.6 Å². The van der Waals surface area contributed by atoms with Crippen LogP contribution in [0.3, 0.4) is 0 Å². The quantitative estimate of drug-likeness (QED) is 0.667. The van der Waals surface area contributed by atoms with Crippen LogP contribution in [0.2, 0.25) is 5.02 Å². The predicted molar refractivity (Wildman–Crippen MR) is 81.3 cm³/mol. The van der Waals surface area contributed by atoms with Gasteiger partial charge in [0.2, 0.25) is 0 Å². The Bertz CT molecular complexity index is 656. The minimum atomic E-state index is -0.366. The molecule has 0 aliphatic carbocycles. The van der Waals surface area contributed by atoms with Crippen LogP contribution in [-0.2, 0) is 6.54 Å². The van der Waals surface area contributed by atoms with E-state index in [4.69, 9.17) is 11.6 Å². The van der Waals surface area contributed by atoms with Gasteiger partial charge in [-0.3, -0.25) is 10.1 Å². The van der Waals surface area contributed by atoms with E-state index in [2.05, 4.69) is 5.32 Å². The van der Waals surface area contributed by atoms with Gasteiger partial charge < -0.3 is 5.32 Å². The zero-order valence-electron chi connectivity index (χ0n) is 11.3. The van der Waals surface area contributed by atoms with Crippen molar-refractivity contribution in [2.45, 2.75) is 20.4 Å². The molecule has 0 atom stereocenters. The normalized spacial score (nSPS) is 10.3. The summed E-state index contributed by atoms with van der Waals surface area (Å²) in [5.41, 5.74) is 3.26. The fourth-order valence-corrected chi connectivity index (χ4v) is 2.35. The summed E-state index contributed by atoms with van der Waals surface area (Å²) in [6, 6.07) is 10.9. The second kappa shape index (κ2) is 5.92. The second-order valence-corrected chi connectivity index (χ2v) is 5.09. The van der Waals surface area contributed by atoms with Crippen LogP contribution in [0.15, 0.2) is 36.4 Å². The Labute approximate surface area is 122 Å². The van der Waals surface area contributed by atoms with Gasteiger partial charge >= 0.3 is 0 Å². The number of benzene rings is 2. The van der Waals surface area contributed by atoms with Crippen LogP contribution in [-0.4, -0.2) is 4.92 Å². The Hall–Kier alpha value is -2.07. The molecule has 104 valence electrons. The van der Waals surface area contributed by atoms with Crippen LogP contribution in [0, 0.1) is 24.0 Å². The Kier molecular flexibility index (Phi) is 4.25. The van der Waals surface area contributed by atoms with Crippen LogP contribution in [0.25, 0.3) is 0 Å². The lowest BCUT2D eigenvalue weighted by Crippen LogP contribution is -2.05. The Balaban J connectivity index is 2.30. The van der Waals surface area contributed by atoms with E-state index in [0.717, 1.165) is 16.7 Å². The van der Waals surface area contributed by atoms with Crippen molar-refractivity contribution >= 4 is 23.0 Å². The molecule has 0 fully saturated rings. The monoisotopic (exact) mass is 290 g/mol. The van der Waals surface area contributed by atoms with Gasteiger partial charge in [-0.25, -0.2) is 0 Å². The molecule has 0 aromatic heterocycles. The predicted octanol–water partition coefficient (Wildman–Crippen LogP) is 4.48. The minimum absolute atomic E-state index is 0.0922. The van der Waals surface area contributed by atoms with E-state index >= 15 is 0 Å². The van der Waals surface area contributed by atoms with Crippen LogP contribution in [0.1, 0.15) is 16.7 Å². The van der Waals surface area contributed by atoms with Crippen molar-refractivity contribution in [3.63, 3.8) is 0 Å². The molecular formula is C15H15ClN2O2. The minimum Gasteiger partial charge on any atom is -0.375 e. The summed E-state index contributed by atoms with van der Waals surface area (Å²) in [5, 5.41) is 14.9. The summed E-state index contributed by atoms with van der Waals surface area (Å²) in [7, 11) is 0. The number of rotatable bonds is 4. The van der Waals surface area contributed by atoms with Gasteiger partial charge in [0.25, 0.3) is 5.69 Å². The van der Waals surface area contributed by atoms with Gasteiger partial charge in [-0.1, -0.05) is 35.9 Å². The van der Waals surface area contributed by atoms with E-state index in [9.17, 15) is 10.1 Å². The molecule has 0 radical (unpaired) electrons. The van der Waals surface area contributed by atoms with Crippen molar-refractivity contribution in [3.05, 3.63) is 68.2 Å².